The molecule has 1 aromatic heterocycles. The first-order valence-corrected chi connectivity index (χ1v) is 8.43. The van der Waals surface area contributed by atoms with Crippen molar-refractivity contribution in [2.24, 2.45) is 0 Å². The lowest BCUT2D eigenvalue weighted by Crippen LogP contribution is -2.50. The topological polar surface area (TPSA) is 78.7 Å². The number of rotatable bonds is 2. The number of carbonyl (C=O) groups excluding carboxylic acids is 1. The van der Waals surface area contributed by atoms with Crippen LogP contribution >= 0.6 is 0 Å². The van der Waals surface area contributed by atoms with Crippen molar-refractivity contribution in [3.63, 3.8) is 0 Å². The summed E-state index contributed by atoms with van der Waals surface area (Å²) in [4.78, 5) is 31.0. The van der Waals surface area contributed by atoms with Crippen molar-refractivity contribution in [1.82, 2.24) is 19.4 Å². The fourth-order valence-corrected chi connectivity index (χ4v) is 3.21. The molecule has 26 heavy (non-hydrogen) atoms. The van der Waals surface area contributed by atoms with Gasteiger partial charge in [0, 0.05) is 37.4 Å². The van der Waals surface area contributed by atoms with E-state index >= 15 is 0 Å². The lowest BCUT2D eigenvalue weighted by Gasteiger charge is -2.33. The van der Waals surface area contributed by atoms with Crippen LogP contribution < -0.4 is 0 Å². The molecule has 0 spiro atoms. The highest BCUT2D eigenvalue weighted by atomic mass is 16.4. The summed E-state index contributed by atoms with van der Waals surface area (Å²) < 4.78 is 1.98. The number of hydrogen-bond donors (Lipinski definition) is 1. The van der Waals surface area contributed by atoms with Crippen LogP contribution in [0.1, 0.15) is 10.4 Å². The molecule has 4 rings (SSSR count). The normalized spacial score (nSPS) is 14.6. The summed E-state index contributed by atoms with van der Waals surface area (Å²) in [5, 5.41) is 8.99. The number of amides is 2. The summed E-state index contributed by atoms with van der Waals surface area (Å²) in [5.74, 6) is -0.0722. The molecule has 1 saturated heterocycles. The standard InChI is InChI=1S/C19H18N4O3/c24-18(21-9-11-22(12-10-21)19(25)26)14-5-7-15(8-6-14)23-13-20-16-3-1-2-4-17(16)23/h1-8,13H,9-12H2,(H,25,26). The van der Waals surface area contributed by atoms with Crippen molar-refractivity contribution in [2.75, 3.05) is 26.2 Å². The minimum Gasteiger partial charge on any atom is -0.465 e. The minimum absolute atomic E-state index is 0.0722. The van der Waals surface area contributed by atoms with Crippen LogP contribution in [0.5, 0.6) is 0 Å². The van der Waals surface area contributed by atoms with Gasteiger partial charge in [-0.2, -0.15) is 0 Å². The molecule has 7 nitrogen and oxygen atoms in total. The second-order valence-corrected chi connectivity index (χ2v) is 6.21. The Bertz CT molecular complexity index is 956. The number of piperazine rings is 1. The zero-order chi connectivity index (χ0) is 18.1. The predicted octanol–water partition coefficient (Wildman–Crippen LogP) is 2.46. The van der Waals surface area contributed by atoms with E-state index in [1.807, 2.05) is 41.0 Å². The highest BCUT2D eigenvalue weighted by Gasteiger charge is 2.24. The maximum atomic E-state index is 12.6. The number of carbonyl (C=O) groups is 2. The van der Waals surface area contributed by atoms with Crippen LogP contribution in [0.2, 0.25) is 0 Å². The highest BCUT2D eigenvalue weighted by Crippen LogP contribution is 2.19. The van der Waals surface area contributed by atoms with Crippen LogP contribution in [0, 0.1) is 0 Å². The largest absolute Gasteiger partial charge is 0.465 e. The van der Waals surface area contributed by atoms with Gasteiger partial charge in [-0.15, -0.1) is 0 Å². The van der Waals surface area contributed by atoms with Crippen molar-refractivity contribution in [2.45, 2.75) is 0 Å². The molecule has 0 atom stereocenters. The third-order valence-corrected chi connectivity index (χ3v) is 4.68. The van der Waals surface area contributed by atoms with Gasteiger partial charge in [0.05, 0.1) is 11.0 Å². The van der Waals surface area contributed by atoms with Gasteiger partial charge in [-0.05, 0) is 36.4 Å². The van der Waals surface area contributed by atoms with E-state index in [-0.39, 0.29) is 5.91 Å². The Morgan fingerprint density at radius 2 is 1.54 bits per heavy atom. The van der Waals surface area contributed by atoms with Crippen molar-refractivity contribution in [1.29, 1.82) is 0 Å². The number of fused-ring (bicyclic) bond motifs is 1. The molecule has 0 bridgehead atoms. The molecule has 0 radical (unpaired) electrons. The van der Waals surface area contributed by atoms with E-state index in [0.29, 0.717) is 31.7 Å². The second kappa shape index (κ2) is 6.51. The molecule has 0 saturated carbocycles. The van der Waals surface area contributed by atoms with Gasteiger partial charge in [-0.3, -0.25) is 9.36 Å². The van der Waals surface area contributed by atoms with Gasteiger partial charge >= 0.3 is 6.09 Å². The predicted molar refractivity (Wildman–Crippen MR) is 96.6 cm³/mol. The van der Waals surface area contributed by atoms with Crippen molar-refractivity contribution in [3.8, 4) is 5.69 Å². The van der Waals surface area contributed by atoms with Crippen molar-refractivity contribution in [3.05, 3.63) is 60.4 Å². The fraction of sp³-hybridized carbons (Fsp3) is 0.211. The van der Waals surface area contributed by atoms with Crippen LogP contribution in [-0.4, -0.2) is 62.6 Å². The first kappa shape index (κ1) is 16.1. The number of hydrogen-bond acceptors (Lipinski definition) is 3. The van der Waals surface area contributed by atoms with Gasteiger partial charge in [0.2, 0.25) is 0 Å². The minimum atomic E-state index is -0.936. The van der Waals surface area contributed by atoms with Crippen LogP contribution in [0.15, 0.2) is 54.9 Å². The number of benzene rings is 2. The highest BCUT2D eigenvalue weighted by molar-refractivity contribution is 5.94. The molecule has 1 fully saturated rings. The average Bonchev–Trinajstić information content (AvgIpc) is 3.12. The van der Waals surface area contributed by atoms with Gasteiger partial charge in [-0.1, -0.05) is 12.1 Å². The molecular formula is C19H18N4O3. The van der Waals surface area contributed by atoms with Crippen LogP contribution in [0.3, 0.4) is 0 Å². The van der Waals surface area contributed by atoms with E-state index in [0.717, 1.165) is 16.7 Å². The Balaban J connectivity index is 1.51. The van der Waals surface area contributed by atoms with E-state index in [1.165, 1.54) is 4.90 Å². The number of imidazole rings is 1. The number of aromatic nitrogens is 2. The molecule has 1 N–H and O–H groups in total. The Morgan fingerprint density at radius 3 is 2.23 bits per heavy atom. The summed E-state index contributed by atoms with van der Waals surface area (Å²) in [7, 11) is 0. The van der Waals surface area contributed by atoms with Crippen LogP contribution in [-0.2, 0) is 0 Å². The van der Waals surface area contributed by atoms with E-state index < -0.39 is 6.09 Å². The molecule has 0 unspecified atom stereocenters. The maximum Gasteiger partial charge on any atom is 0.407 e. The molecule has 2 heterocycles. The first-order valence-electron chi connectivity index (χ1n) is 8.43. The van der Waals surface area contributed by atoms with Crippen LogP contribution in [0.4, 0.5) is 4.79 Å². The molecule has 132 valence electrons. The Hall–Kier alpha value is -3.35. The lowest BCUT2D eigenvalue weighted by atomic mass is 10.1. The van der Waals surface area contributed by atoms with E-state index in [4.69, 9.17) is 5.11 Å². The second-order valence-electron chi connectivity index (χ2n) is 6.21. The monoisotopic (exact) mass is 350 g/mol. The third-order valence-electron chi connectivity index (χ3n) is 4.68. The van der Waals surface area contributed by atoms with E-state index in [2.05, 4.69) is 4.98 Å². The van der Waals surface area contributed by atoms with Crippen LogP contribution in [0.25, 0.3) is 16.7 Å². The van der Waals surface area contributed by atoms with E-state index in [1.54, 1.807) is 23.4 Å². The van der Waals surface area contributed by atoms with Crippen molar-refractivity contribution < 1.29 is 14.7 Å². The molecule has 0 aliphatic carbocycles. The zero-order valence-corrected chi connectivity index (χ0v) is 14.1. The summed E-state index contributed by atoms with van der Waals surface area (Å²) >= 11 is 0. The summed E-state index contributed by atoms with van der Waals surface area (Å²) in [5.41, 5.74) is 3.47. The maximum absolute atomic E-state index is 12.6. The molecule has 2 amide bonds. The van der Waals surface area contributed by atoms with Gasteiger partial charge in [0.15, 0.2) is 0 Å². The molecule has 2 aromatic carbocycles. The van der Waals surface area contributed by atoms with E-state index in [9.17, 15) is 9.59 Å². The fourth-order valence-electron chi connectivity index (χ4n) is 3.21. The number of para-hydroxylation sites is 2. The van der Waals surface area contributed by atoms with Crippen molar-refractivity contribution >= 4 is 23.0 Å². The molecular weight excluding hydrogens is 332 g/mol. The third kappa shape index (κ3) is 2.88. The average molecular weight is 350 g/mol. The SMILES string of the molecule is O=C(O)N1CCN(C(=O)c2ccc(-n3cnc4ccccc43)cc2)CC1. The summed E-state index contributed by atoms with van der Waals surface area (Å²) in [6.45, 7) is 1.53. The van der Waals surface area contributed by atoms with Gasteiger partial charge < -0.3 is 14.9 Å². The lowest BCUT2D eigenvalue weighted by molar-refractivity contribution is 0.0625. The molecule has 1 aliphatic rings. The van der Waals surface area contributed by atoms with Gasteiger partial charge in [0.1, 0.15) is 6.33 Å². The number of carboxylic acid groups (broad SMARTS) is 1. The Kier molecular flexibility index (Phi) is 4.04. The Morgan fingerprint density at radius 1 is 0.885 bits per heavy atom. The number of nitrogens with zero attached hydrogens (tertiary/aromatic N) is 4. The smallest absolute Gasteiger partial charge is 0.407 e. The quantitative estimate of drug-likeness (QED) is 0.770. The zero-order valence-electron chi connectivity index (χ0n) is 14.1. The first-order chi connectivity index (χ1) is 12.6. The summed E-state index contributed by atoms with van der Waals surface area (Å²) in [6, 6.07) is 15.3. The van der Waals surface area contributed by atoms with Gasteiger partial charge in [0.25, 0.3) is 5.91 Å². The Labute approximate surface area is 150 Å². The molecule has 1 aliphatic heterocycles. The molecule has 7 heteroatoms. The van der Waals surface area contributed by atoms with Gasteiger partial charge in [-0.25, -0.2) is 9.78 Å². The molecule has 3 aromatic rings. The summed E-state index contributed by atoms with van der Waals surface area (Å²) in [6.07, 6.45) is 0.834.